The van der Waals surface area contributed by atoms with Crippen molar-refractivity contribution in [3.05, 3.63) is 64.9 Å². The molecule has 0 aliphatic carbocycles. The van der Waals surface area contributed by atoms with E-state index in [1.54, 1.807) is 0 Å². The van der Waals surface area contributed by atoms with Gasteiger partial charge in [-0.3, -0.25) is 14.4 Å². The summed E-state index contributed by atoms with van der Waals surface area (Å²) in [6.45, 7) is 6.23. The number of halogens is 2. The zero-order valence-electron chi connectivity index (χ0n) is 24.6. The van der Waals surface area contributed by atoms with E-state index in [4.69, 9.17) is 0 Å². The molecule has 3 atom stereocenters. The van der Waals surface area contributed by atoms with Crippen molar-refractivity contribution in [2.45, 2.75) is 76.8 Å². The third kappa shape index (κ3) is 5.05. The van der Waals surface area contributed by atoms with Gasteiger partial charge in [0, 0.05) is 36.7 Å². The molecule has 224 valence electrons. The summed E-state index contributed by atoms with van der Waals surface area (Å²) in [5.74, 6) is -2.67. The summed E-state index contributed by atoms with van der Waals surface area (Å²) >= 11 is 0. The third-order valence-electron chi connectivity index (χ3n) is 9.05. The lowest BCUT2D eigenvalue weighted by Gasteiger charge is -2.37. The predicted octanol–water partition coefficient (Wildman–Crippen LogP) is 5.43. The quantitative estimate of drug-likeness (QED) is 0.417. The van der Waals surface area contributed by atoms with Gasteiger partial charge in [-0.25, -0.2) is 8.78 Å². The average molecular weight is 588 g/mol. The Morgan fingerprint density at radius 2 is 1.91 bits per heavy atom. The Morgan fingerprint density at radius 1 is 1.12 bits per heavy atom. The number of fused-ring (bicyclic) bond motifs is 3. The van der Waals surface area contributed by atoms with Gasteiger partial charge >= 0.3 is 0 Å². The highest BCUT2D eigenvalue weighted by molar-refractivity contribution is 6.08. The molecule has 4 bridgehead atoms. The molecule has 1 spiro atoms. The van der Waals surface area contributed by atoms with E-state index in [9.17, 15) is 28.4 Å². The van der Waals surface area contributed by atoms with Crippen molar-refractivity contribution in [2.75, 3.05) is 18.4 Å². The lowest BCUT2D eigenvalue weighted by atomic mass is 9.79. The van der Waals surface area contributed by atoms with Crippen LogP contribution in [0.15, 0.2) is 36.4 Å². The Labute approximate surface area is 249 Å². The number of aryl methyl sites for hydroxylation is 1. The molecule has 6 rings (SSSR count). The highest BCUT2D eigenvalue weighted by atomic mass is 19.1. The van der Waals surface area contributed by atoms with Gasteiger partial charge in [0.1, 0.15) is 29.4 Å². The molecule has 0 unspecified atom stereocenters. The first kappa shape index (κ1) is 28.8. The van der Waals surface area contributed by atoms with Crippen LogP contribution in [0.25, 0.3) is 10.9 Å². The highest BCUT2D eigenvalue weighted by Crippen LogP contribution is 2.47. The molecule has 3 aliphatic rings. The molecule has 3 aliphatic heterocycles. The number of nitrogens with one attached hydrogen (secondary N) is 2. The summed E-state index contributed by atoms with van der Waals surface area (Å²) in [7, 11) is 0. The van der Waals surface area contributed by atoms with Crippen LogP contribution in [-0.4, -0.2) is 57.7 Å². The Bertz CT molecular complexity index is 1690. The highest BCUT2D eigenvalue weighted by Gasteiger charge is 2.57. The number of aromatic amines is 1. The summed E-state index contributed by atoms with van der Waals surface area (Å²) in [4.78, 5) is 48.1. The van der Waals surface area contributed by atoms with Crippen LogP contribution >= 0.6 is 0 Å². The summed E-state index contributed by atoms with van der Waals surface area (Å²) in [5.41, 5.74) is 1.37. The molecule has 0 saturated carbocycles. The van der Waals surface area contributed by atoms with E-state index in [0.29, 0.717) is 18.5 Å². The fourth-order valence-electron chi connectivity index (χ4n) is 6.95. The van der Waals surface area contributed by atoms with E-state index in [1.807, 2.05) is 39.0 Å². The number of H-pyrrole nitrogens is 1. The number of hydrogen-bond acceptors (Lipinski definition) is 4. The number of rotatable bonds is 2. The number of carbonyl (C=O) groups is 3. The second kappa shape index (κ2) is 10.5. The maximum Gasteiger partial charge on any atom is 0.270 e. The molecule has 8 nitrogen and oxygen atoms in total. The smallest absolute Gasteiger partial charge is 0.270 e. The van der Waals surface area contributed by atoms with Gasteiger partial charge in [0.15, 0.2) is 0 Å². The number of benzene rings is 2. The Hall–Kier alpha value is -4.26. The van der Waals surface area contributed by atoms with Gasteiger partial charge in [-0.1, -0.05) is 39.3 Å². The summed E-state index contributed by atoms with van der Waals surface area (Å²) in [5, 5.41) is 13.3. The number of amides is 3. The number of carbonyl (C=O) groups excluding carboxylic acids is 3. The predicted molar refractivity (Wildman–Crippen MR) is 157 cm³/mol. The van der Waals surface area contributed by atoms with E-state index in [2.05, 4.69) is 16.4 Å². The second-order valence-electron chi connectivity index (χ2n) is 13.4. The first-order chi connectivity index (χ1) is 20.4. The van der Waals surface area contributed by atoms with Crippen LogP contribution in [0.2, 0.25) is 0 Å². The number of hydrogen-bond donors (Lipinski definition) is 2. The van der Waals surface area contributed by atoms with Gasteiger partial charge in [-0.05, 0) is 60.4 Å². The molecule has 1 aromatic heterocycles. The Kier molecular flexibility index (Phi) is 7.03. The molecule has 1 fully saturated rings. The Balaban J connectivity index is 1.44. The summed E-state index contributed by atoms with van der Waals surface area (Å²) < 4.78 is 28.5. The van der Waals surface area contributed by atoms with Crippen LogP contribution in [0, 0.1) is 28.4 Å². The molecule has 0 radical (unpaired) electrons. The molecule has 43 heavy (non-hydrogen) atoms. The van der Waals surface area contributed by atoms with Crippen LogP contribution in [0.3, 0.4) is 0 Å². The van der Waals surface area contributed by atoms with E-state index in [1.165, 1.54) is 15.9 Å². The Morgan fingerprint density at radius 3 is 2.65 bits per heavy atom. The third-order valence-corrected chi connectivity index (χ3v) is 9.05. The fraction of sp³-hybridized carbons (Fsp3) is 0.455. The van der Waals surface area contributed by atoms with Crippen LogP contribution in [0.1, 0.15) is 74.5 Å². The van der Waals surface area contributed by atoms with Gasteiger partial charge in [-0.2, -0.15) is 5.26 Å². The van der Waals surface area contributed by atoms with Crippen molar-refractivity contribution in [2.24, 2.45) is 5.41 Å². The van der Waals surface area contributed by atoms with Gasteiger partial charge in [0.05, 0.1) is 17.0 Å². The van der Waals surface area contributed by atoms with Crippen LogP contribution < -0.4 is 5.32 Å². The minimum Gasteiger partial charge on any atom is -0.350 e. The van der Waals surface area contributed by atoms with Crippen molar-refractivity contribution in [1.29, 1.82) is 5.26 Å². The van der Waals surface area contributed by atoms with Gasteiger partial charge in [0.25, 0.3) is 5.91 Å². The molecule has 3 amide bonds. The van der Waals surface area contributed by atoms with E-state index < -0.39 is 40.9 Å². The average Bonchev–Trinajstić information content (AvgIpc) is 3.62. The molecule has 2 N–H and O–H groups in total. The number of nitriles is 1. The van der Waals surface area contributed by atoms with Gasteiger partial charge in [0.2, 0.25) is 11.8 Å². The van der Waals surface area contributed by atoms with Crippen molar-refractivity contribution < 1.29 is 23.2 Å². The zero-order chi connectivity index (χ0) is 30.7. The van der Waals surface area contributed by atoms with Crippen LogP contribution in [-0.2, 0) is 21.4 Å². The molecular formula is C33H35F2N5O3. The van der Waals surface area contributed by atoms with Gasteiger partial charge < -0.3 is 20.1 Å². The first-order valence-corrected chi connectivity index (χ1v) is 14.8. The SMILES string of the molecule is CC(C)(C)C[C@H]1C(=O)N2C[C@]3(C[C@H]2C#N)C(=O)Nc2ccc(cc23)CCCCCN1C(=O)c1cc2c(F)cc(F)cc2[nH]1. The second-order valence-corrected chi connectivity index (χ2v) is 13.4. The maximum absolute atomic E-state index is 14.6. The lowest BCUT2D eigenvalue weighted by Crippen LogP contribution is -2.54. The van der Waals surface area contributed by atoms with Crippen LogP contribution in [0.4, 0.5) is 14.5 Å². The van der Waals surface area contributed by atoms with E-state index in [-0.39, 0.29) is 47.4 Å². The number of aromatic nitrogens is 1. The van der Waals surface area contributed by atoms with Gasteiger partial charge in [-0.15, -0.1) is 0 Å². The minimum atomic E-state index is -1.05. The molecule has 3 aromatic rings. The lowest BCUT2D eigenvalue weighted by molar-refractivity contribution is -0.137. The number of nitrogens with zero attached hydrogens (tertiary/aromatic N) is 3. The fourth-order valence-corrected chi connectivity index (χ4v) is 6.95. The van der Waals surface area contributed by atoms with Crippen molar-refractivity contribution in [1.82, 2.24) is 14.8 Å². The molecule has 10 heteroatoms. The molecule has 2 aromatic carbocycles. The minimum absolute atomic E-state index is 0.0336. The maximum atomic E-state index is 14.6. The molecular weight excluding hydrogens is 552 g/mol. The van der Waals surface area contributed by atoms with Crippen LogP contribution in [0.5, 0.6) is 0 Å². The zero-order valence-corrected chi connectivity index (χ0v) is 24.6. The molecule has 4 heterocycles. The van der Waals surface area contributed by atoms with Crippen molar-refractivity contribution in [3.63, 3.8) is 0 Å². The van der Waals surface area contributed by atoms with Crippen molar-refractivity contribution >= 4 is 34.3 Å². The number of anilines is 1. The van der Waals surface area contributed by atoms with E-state index in [0.717, 1.165) is 42.5 Å². The van der Waals surface area contributed by atoms with Crippen molar-refractivity contribution in [3.8, 4) is 6.07 Å². The summed E-state index contributed by atoms with van der Waals surface area (Å²) in [6.07, 6.45) is 3.51. The molecule has 1 saturated heterocycles. The first-order valence-electron chi connectivity index (χ1n) is 14.8. The largest absolute Gasteiger partial charge is 0.350 e. The topological polar surface area (TPSA) is 109 Å². The monoisotopic (exact) mass is 587 g/mol. The standard InChI is InChI=1S/C33H35F2N5O3/c1-32(2,3)16-28-30(42)40-18-33(15-21(40)17-36)23-11-19(8-9-25(23)38-31(33)43)7-5-4-6-10-39(28)29(41)27-14-22-24(35)12-20(34)13-26(22)37-27/h8-9,11-14,21,28,37H,4-7,10,15-16,18H2,1-3H3,(H,38,43)/t21-,28-,33-/m0/s1. The van der Waals surface area contributed by atoms with E-state index >= 15 is 0 Å². The summed E-state index contributed by atoms with van der Waals surface area (Å²) in [6, 6.07) is 9.66. The normalized spacial score (nSPS) is 24.2.